The van der Waals surface area contributed by atoms with E-state index in [-0.39, 0.29) is 16.4 Å². The van der Waals surface area contributed by atoms with E-state index in [1.807, 2.05) is 0 Å². The molecule has 17 heavy (non-hydrogen) atoms. The molecule has 4 nitrogen and oxygen atoms in total. The Morgan fingerprint density at radius 2 is 2.06 bits per heavy atom. The van der Waals surface area contributed by atoms with Crippen LogP contribution in [0, 0.1) is 0 Å². The summed E-state index contributed by atoms with van der Waals surface area (Å²) in [6, 6.07) is 6.57. The van der Waals surface area contributed by atoms with Crippen molar-refractivity contribution in [1.29, 1.82) is 0 Å². The van der Waals surface area contributed by atoms with Gasteiger partial charge in [-0.25, -0.2) is 8.42 Å². The zero-order valence-corrected chi connectivity index (χ0v) is 11.4. The third-order valence-corrected chi connectivity index (χ3v) is 5.67. The second-order valence-electron chi connectivity index (χ2n) is 3.60. The SMILES string of the molecule is CCS(=O)CCS(=O)(=O)c1cccc(CN)c1. The topological polar surface area (TPSA) is 77.2 Å². The van der Waals surface area contributed by atoms with Crippen LogP contribution in [0.2, 0.25) is 0 Å². The van der Waals surface area contributed by atoms with E-state index in [2.05, 4.69) is 0 Å². The molecular formula is C11H17NO3S2. The molecule has 0 fully saturated rings. The summed E-state index contributed by atoms with van der Waals surface area (Å²) in [4.78, 5) is 0.258. The fourth-order valence-corrected chi connectivity index (χ4v) is 4.09. The van der Waals surface area contributed by atoms with E-state index in [0.29, 0.717) is 12.3 Å². The molecule has 0 amide bonds. The van der Waals surface area contributed by atoms with Crippen LogP contribution in [0.1, 0.15) is 12.5 Å². The highest BCUT2D eigenvalue weighted by atomic mass is 32.2. The van der Waals surface area contributed by atoms with Crippen LogP contribution in [0.4, 0.5) is 0 Å². The molecule has 1 aromatic rings. The number of hydrogen-bond donors (Lipinski definition) is 1. The van der Waals surface area contributed by atoms with Crippen molar-refractivity contribution in [3.63, 3.8) is 0 Å². The Morgan fingerprint density at radius 3 is 2.65 bits per heavy atom. The highest BCUT2D eigenvalue weighted by Gasteiger charge is 2.15. The fourth-order valence-electron chi connectivity index (χ4n) is 1.33. The second-order valence-corrected chi connectivity index (χ2v) is 7.58. The van der Waals surface area contributed by atoms with Gasteiger partial charge in [0.25, 0.3) is 0 Å². The molecule has 0 aliphatic heterocycles. The number of hydrogen-bond acceptors (Lipinski definition) is 4. The molecule has 0 heterocycles. The number of nitrogens with two attached hydrogens (primary N) is 1. The van der Waals surface area contributed by atoms with Crippen molar-refractivity contribution in [3.05, 3.63) is 29.8 Å². The van der Waals surface area contributed by atoms with Gasteiger partial charge in [-0.3, -0.25) is 4.21 Å². The standard InChI is InChI=1S/C11H17NO3S2/c1-2-16(13)6-7-17(14,15)11-5-3-4-10(8-11)9-12/h3-5,8H,2,6-7,9,12H2,1H3. The predicted molar refractivity (Wildman–Crippen MR) is 69.9 cm³/mol. The van der Waals surface area contributed by atoms with Crippen LogP contribution in [0.3, 0.4) is 0 Å². The van der Waals surface area contributed by atoms with Gasteiger partial charge in [0, 0.05) is 28.9 Å². The van der Waals surface area contributed by atoms with Crippen molar-refractivity contribution in [1.82, 2.24) is 0 Å². The van der Waals surface area contributed by atoms with Crippen molar-refractivity contribution in [2.24, 2.45) is 5.73 Å². The van der Waals surface area contributed by atoms with Gasteiger partial charge in [-0.1, -0.05) is 19.1 Å². The average Bonchev–Trinajstić information content (AvgIpc) is 2.36. The van der Waals surface area contributed by atoms with E-state index in [9.17, 15) is 12.6 Å². The molecule has 1 aromatic carbocycles. The van der Waals surface area contributed by atoms with Crippen molar-refractivity contribution < 1.29 is 12.6 Å². The van der Waals surface area contributed by atoms with E-state index in [1.165, 1.54) is 0 Å². The van der Waals surface area contributed by atoms with Crippen LogP contribution in [0.25, 0.3) is 0 Å². The fraction of sp³-hybridized carbons (Fsp3) is 0.455. The van der Waals surface area contributed by atoms with Crippen LogP contribution < -0.4 is 5.73 Å². The van der Waals surface area contributed by atoms with E-state index in [0.717, 1.165) is 5.56 Å². The summed E-state index contributed by atoms with van der Waals surface area (Å²) in [5.74, 6) is 0.589. The summed E-state index contributed by atoms with van der Waals surface area (Å²) in [6.07, 6.45) is 0. The highest BCUT2D eigenvalue weighted by Crippen LogP contribution is 2.13. The minimum absolute atomic E-state index is 0.0819. The van der Waals surface area contributed by atoms with Crippen LogP contribution in [0.15, 0.2) is 29.2 Å². The second kappa shape index (κ2) is 6.28. The lowest BCUT2D eigenvalue weighted by Gasteiger charge is -2.05. The average molecular weight is 275 g/mol. The minimum Gasteiger partial charge on any atom is -0.326 e. The molecule has 0 radical (unpaired) electrons. The Kier molecular flexibility index (Phi) is 5.30. The predicted octanol–water partition coefficient (Wildman–Crippen LogP) is 0.688. The first-order chi connectivity index (χ1) is 7.99. The molecule has 1 atom stereocenters. The monoisotopic (exact) mass is 275 g/mol. The molecule has 0 aliphatic carbocycles. The molecule has 96 valence electrons. The Labute approximate surface area is 105 Å². The van der Waals surface area contributed by atoms with Crippen LogP contribution in [-0.2, 0) is 27.2 Å². The molecule has 1 rings (SSSR count). The van der Waals surface area contributed by atoms with Crippen LogP contribution in [-0.4, -0.2) is 29.9 Å². The number of rotatable bonds is 6. The zero-order valence-electron chi connectivity index (χ0n) is 9.76. The smallest absolute Gasteiger partial charge is 0.179 e. The Morgan fingerprint density at radius 1 is 1.35 bits per heavy atom. The van der Waals surface area contributed by atoms with Gasteiger partial charge < -0.3 is 5.73 Å². The molecular weight excluding hydrogens is 258 g/mol. The molecule has 0 aromatic heterocycles. The molecule has 6 heteroatoms. The lowest BCUT2D eigenvalue weighted by Crippen LogP contribution is -2.15. The zero-order chi connectivity index (χ0) is 12.9. The third kappa shape index (κ3) is 4.22. The van der Waals surface area contributed by atoms with Gasteiger partial charge in [0.1, 0.15) is 0 Å². The van der Waals surface area contributed by atoms with E-state index < -0.39 is 20.6 Å². The minimum atomic E-state index is -3.35. The Balaban J connectivity index is 2.85. The van der Waals surface area contributed by atoms with Crippen LogP contribution in [0.5, 0.6) is 0 Å². The maximum atomic E-state index is 11.9. The lowest BCUT2D eigenvalue weighted by atomic mass is 10.2. The molecule has 0 aliphatic rings. The van der Waals surface area contributed by atoms with E-state index in [1.54, 1.807) is 31.2 Å². The summed E-state index contributed by atoms with van der Waals surface area (Å²) >= 11 is 0. The maximum absolute atomic E-state index is 11.9. The summed E-state index contributed by atoms with van der Waals surface area (Å²) < 4.78 is 35.1. The Bertz CT molecular complexity index is 497. The van der Waals surface area contributed by atoms with Gasteiger partial charge in [0.15, 0.2) is 9.84 Å². The van der Waals surface area contributed by atoms with Gasteiger partial charge in [0.05, 0.1) is 10.6 Å². The molecule has 0 spiro atoms. The van der Waals surface area contributed by atoms with Crippen molar-refractivity contribution >= 4 is 20.6 Å². The van der Waals surface area contributed by atoms with Crippen LogP contribution >= 0.6 is 0 Å². The van der Waals surface area contributed by atoms with Gasteiger partial charge in [-0.15, -0.1) is 0 Å². The first-order valence-electron chi connectivity index (χ1n) is 5.36. The van der Waals surface area contributed by atoms with E-state index in [4.69, 9.17) is 5.73 Å². The molecule has 0 saturated carbocycles. The van der Waals surface area contributed by atoms with Crippen molar-refractivity contribution in [2.75, 3.05) is 17.3 Å². The largest absolute Gasteiger partial charge is 0.326 e. The van der Waals surface area contributed by atoms with Gasteiger partial charge in [-0.05, 0) is 17.7 Å². The van der Waals surface area contributed by atoms with Gasteiger partial charge in [0.2, 0.25) is 0 Å². The third-order valence-electron chi connectivity index (χ3n) is 2.39. The van der Waals surface area contributed by atoms with E-state index >= 15 is 0 Å². The Hall–Kier alpha value is -0.720. The quantitative estimate of drug-likeness (QED) is 0.828. The molecule has 0 bridgehead atoms. The lowest BCUT2D eigenvalue weighted by molar-refractivity contribution is 0.597. The van der Waals surface area contributed by atoms with Crippen molar-refractivity contribution in [2.45, 2.75) is 18.4 Å². The number of sulfone groups is 1. The highest BCUT2D eigenvalue weighted by molar-refractivity contribution is 7.93. The van der Waals surface area contributed by atoms with Crippen molar-refractivity contribution in [3.8, 4) is 0 Å². The normalized spacial score (nSPS) is 13.5. The summed E-state index contributed by atoms with van der Waals surface area (Å²) in [5.41, 5.74) is 6.24. The number of benzene rings is 1. The first-order valence-corrected chi connectivity index (χ1v) is 8.50. The summed E-state index contributed by atoms with van der Waals surface area (Å²) in [6.45, 7) is 2.09. The van der Waals surface area contributed by atoms with Gasteiger partial charge >= 0.3 is 0 Å². The summed E-state index contributed by atoms with van der Waals surface area (Å²) in [5, 5.41) is 0. The summed E-state index contributed by atoms with van der Waals surface area (Å²) in [7, 11) is -4.40. The molecule has 2 N–H and O–H groups in total. The van der Waals surface area contributed by atoms with Gasteiger partial charge in [-0.2, -0.15) is 0 Å². The molecule has 0 saturated heterocycles. The maximum Gasteiger partial charge on any atom is 0.179 e. The molecule has 1 unspecified atom stereocenters. The first kappa shape index (κ1) is 14.3.